The topological polar surface area (TPSA) is 17.1 Å². The Bertz CT molecular complexity index is 862. The molecule has 0 heterocycles. The van der Waals surface area contributed by atoms with Gasteiger partial charge in [0, 0.05) is 12.3 Å². The van der Waals surface area contributed by atoms with Crippen LogP contribution in [-0.4, -0.2) is 5.78 Å². The molecule has 0 aliphatic carbocycles. The maximum Gasteiger partial charge on any atom is 0.156 e. The normalized spacial score (nSPS) is 12.5. The van der Waals surface area contributed by atoms with Crippen LogP contribution in [0.1, 0.15) is 29.0 Å². The predicted molar refractivity (Wildman–Crippen MR) is 110 cm³/mol. The molecule has 0 saturated carbocycles. The zero-order valence-electron chi connectivity index (χ0n) is 14.7. The molecular formula is C25H22O. The fourth-order valence-corrected chi connectivity index (χ4v) is 2.83. The first-order chi connectivity index (χ1) is 12.8. The molecule has 3 aromatic rings. The largest absolute Gasteiger partial charge is 0.295 e. The molecule has 1 nitrogen and oxygen atoms in total. The highest BCUT2D eigenvalue weighted by Crippen LogP contribution is 2.23. The van der Waals surface area contributed by atoms with Crippen molar-refractivity contribution in [3.05, 3.63) is 120 Å². The fourth-order valence-electron chi connectivity index (χ4n) is 2.83. The predicted octanol–water partition coefficient (Wildman–Crippen LogP) is 6.16. The number of hydrogen-bond donors (Lipinski definition) is 0. The molecule has 0 bridgehead atoms. The fraction of sp³-hybridized carbons (Fsp3) is 0.0800. The number of carbonyl (C=O) groups excluding carboxylic acids is 1. The summed E-state index contributed by atoms with van der Waals surface area (Å²) < 4.78 is 0. The molecule has 0 aromatic heterocycles. The van der Waals surface area contributed by atoms with Crippen LogP contribution in [0.5, 0.6) is 0 Å². The standard InChI is InChI=1S/C25H22O/c26-25(19-17-22-12-6-2-7-13-22)20-24(23-14-8-3-9-15-23)18-16-21-10-4-1-5-11-21/h1-19,24H,20H2/b18-16+,19-17+/t24-/m0/s1. The Kier molecular flexibility index (Phi) is 6.33. The van der Waals surface area contributed by atoms with Gasteiger partial charge in [0.1, 0.15) is 0 Å². The van der Waals surface area contributed by atoms with Crippen LogP contribution in [0.15, 0.2) is 103 Å². The third kappa shape index (κ3) is 5.42. The highest BCUT2D eigenvalue weighted by atomic mass is 16.1. The van der Waals surface area contributed by atoms with Gasteiger partial charge >= 0.3 is 0 Å². The van der Waals surface area contributed by atoms with Crippen LogP contribution in [0.2, 0.25) is 0 Å². The van der Waals surface area contributed by atoms with Crippen molar-refractivity contribution in [1.82, 2.24) is 0 Å². The van der Waals surface area contributed by atoms with Gasteiger partial charge in [-0.05, 0) is 22.8 Å². The Morgan fingerprint density at radius 1 is 0.692 bits per heavy atom. The summed E-state index contributed by atoms with van der Waals surface area (Å²) in [4.78, 5) is 12.5. The van der Waals surface area contributed by atoms with Crippen LogP contribution in [0.3, 0.4) is 0 Å². The van der Waals surface area contributed by atoms with E-state index >= 15 is 0 Å². The van der Waals surface area contributed by atoms with E-state index in [9.17, 15) is 4.79 Å². The first-order valence-corrected chi connectivity index (χ1v) is 8.85. The van der Waals surface area contributed by atoms with Crippen molar-refractivity contribution in [2.24, 2.45) is 0 Å². The zero-order valence-corrected chi connectivity index (χ0v) is 14.7. The maximum atomic E-state index is 12.5. The summed E-state index contributed by atoms with van der Waals surface area (Å²) >= 11 is 0. The van der Waals surface area contributed by atoms with Gasteiger partial charge in [0.15, 0.2) is 5.78 Å². The Balaban J connectivity index is 1.74. The minimum atomic E-state index is 0.0596. The summed E-state index contributed by atoms with van der Waals surface area (Å²) in [5.74, 6) is 0.185. The Morgan fingerprint density at radius 2 is 1.19 bits per heavy atom. The van der Waals surface area contributed by atoms with Crippen molar-refractivity contribution in [3.63, 3.8) is 0 Å². The Hall–Kier alpha value is -3.19. The lowest BCUT2D eigenvalue weighted by molar-refractivity contribution is -0.114. The quantitative estimate of drug-likeness (QED) is 0.472. The number of ketones is 1. The summed E-state index contributed by atoms with van der Waals surface area (Å²) in [5.41, 5.74) is 3.33. The van der Waals surface area contributed by atoms with Gasteiger partial charge in [0.25, 0.3) is 0 Å². The van der Waals surface area contributed by atoms with Crippen molar-refractivity contribution < 1.29 is 4.79 Å². The molecule has 26 heavy (non-hydrogen) atoms. The molecule has 0 unspecified atom stereocenters. The van der Waals surface area contributed by atoms with Crippen LogP contribution in [-0.2, 0) is 4.79 Å². The summed E-state index contributed by atoms with van der Waals surface area (Å²) in [7, 11) is 0. The van der Waals surface area contributed by atoms with E-state index in [-0.39, 0.29) is 11.7 Å². The van der Waals surface area contributed by atoms with Gasteiger partial charge in [-0.15, -0.1) is 0 Å². The van der Waals surface area contributed by atoms with E-state index in [1.54, 1.807) is 6.08 Å². The second-order valence-electron chi connectivity index (χ2n) is 6.20. The SMILES string of the molecule is O=C(/C=C/c1ccccc1)C[C@H](/C=C/c1ccccc1)c1ccccc1. The van der Waals surface area contributed by atoms with Crippen molar-refractivity contribution in [1.29, 1.82) is 0 Å². The zero-order chi connectivity index (χ0) is 18.0. The lowest BCUT2D eigenvalue weighted by Gasteiger charge is -2.11. The van der Waals surface area contributed by atoms with Crippen molar-refractivity contribution in [3.8, 4) is 0 Å². The first-order valence-electron chi connectivity index (χ1n) is 8.85. The van der Waals surface area contributed by atoms with E-state index in [1.807, 2.05) is 72.8 Å². The third-order valence-electron chi connectivity index (χ3n) is 4.23. The van der Waals surface area contributed by atoms with E-state index < -0.39 is 0 Å². The summed E-state index contributed by atoms with van der Waals surface area (Å²) in [6.45, 7) is 0. The minimum absolute atomic E-state index is 0.0596. The Morgan fingerprint density at radius 3 is 1.77 bits per heavy atom. The molecule has 3 aromatic carbocycles. The van der Waals surface area contributed by atoms with Gasteiger partial charge < -0.3 is 0 Å². The van der Waals surface area contributed by atoms with Gasteiger partial charge in [-0.3, -0.25) is 4.79 Å². The molecule has 3 rings (SSSR count). The number of rotatable bonds is 7. The van der Waals surface area contributed by atoms with Crippen LogP contribution < -0.4 is 0 Å². The molecule has 0 spiro atoms. The Labute approximate surface area is 155 Å². The lowest BCUT2D eigenvalue weighted by Crippen LogP contribution is -2.03. The van der Waals surface area contributed by atoms with Crippen LogP contribution >= 0.6 is 0 Å². The number of carbonyl (C=O) groups is 1. The average molecular weight is 338 g/mol. The van der Waals surface area contributed by atoms with E-state index in [0.29, 0.717) is 6.42 Å². The molecule has 128 valence electrons. The molecule has 0 amide bonds. The second kappa shape index (κ2) is 9.33. The van der Waals surface area contributed by atoms with E-state index in [4.69, 9.17) is 0 Å². The van der Waals surface area contributed by atoms with Crippen LogP contribution in [0, 0.1) is 0 Å². The first kappa shape index (κ1) is 17.6. The van der Waals surface area contributed by atoms with Crippen LogP contribution in [0.4, 0.5) is 0 Å². The number of allylic oxidation sites excluding steroid dienone is 2. The molecule has 0 N–H and O–H groups in total. The van der Waals surface area contributed by atoms with Gasteiger partial charge in [-0.2, -0.15) is 0 Å². The van der Waals surface area contributed by atoms with E-state index in [1.165, 1.54) is 0 Å². The third-order valence-corrected chi connectivity index (χ3v) is 4.23. The molecule has 0 aliphatic rings. The molecule has 0 fully saturated rings. The summed E-state index contributed by atoms with van der Waals surface area (Å²) in [5, 5.41) is 0. The molecule has 1 atom stereocenters. The summed E-state index contributed by atoms with van der Waals surface area (Å²) in [6.07, 6.45) is 8.23. The smallest absolute Gasteiger partial charge is 0.156 e. The van der Waals surface area contributed by atoms with E-state index in [2.05, 4.69) is 36.4 Å². The van der Waals surface area contributed by atoms with Crippen LogP contribution in [0.25, 0.3) is 12.2 Å². The molecule has 0 aliphatic heterocycles. The monoisotopic (exact) mass is 338 g/mol. The molecule has 0 saturated heterocycles. The van der Waals surface area contributed by atoms with Crippen molar-refractivity contribution in [2.45, 2.75) is 12.3 Å². The van der Waals surface area contributed by atoms with E-state index in [0.717, 1.165) is 16.7 Å². The van der Waals surface area contributed by atoms with Gasteiger partial charge in [-0.1, -0.05) is 109 Å². The average Bonchev–Trinajstić information content (AvgIpc) is 2.72. The number of benzene rings is 3. The van der Waals surface area contributed by atoms with Crippen molar-refractivity contribution >= 4 is 17.9 Å². The summed E-state index contributed by atoms with van der Waals surface area (Å²) in [6, 6.07) is 30.3. The number of hydrogen-bond acceptors (Lipinski definition) is 1. The highest BCUT2D eigenvalue weighted by molar-refractivity contribution is 5.94. The molecular weight excluding hydrogens is 316 g/mol. The lowest BCUT2D eigenvalue weighted by atomic mass is 9.92. The van der Waals surface area contributed by atoms with Gasteiger partial charge in [-0.25, -0.2) is 0 Å². The minimum Gasteiger partial charge on any atom is -0.295 e. The van der Waals surface area contributed by atoms with Gasteiger partial charge in [0.2, 0.25) is 0 Å². The maximum absolute atomic E-state index is 12.5. The highest BCUT2D eigenvalue weighted by Gasteiger charge is 2.11. The molecule has 1 heteroatoms. The second-order valence-corrected chi connectivity index (χ2v) is 6.20. The van der Waals surface area contributed by atoms with Gasteiger partial charge in [0.05, 0.1) is 0 Å². The molecule has 0 radical (unpaired) electrons. The van der Waals surface area contributed by atoms with Crippen molar-refractivity contribution in [2.75, 3.05) is 0 Å².